The van der Waals surface area contributed by atoms with Gasteiger partial charge >= 0.3 is 0 Å². The Bertz CT molecular complexity index is 588. The number of hydrogen-bond donors (Lipinski definition) is 1. The van der Waals surface area contributed by atoms with Gasteiger partial charge in [-0.2, -0.15) is 0 Å². The normalized spacial score (nSPS) is 10.4. The molecule has 0 aliphatic heterocycles. The Morgan fingerprint density at radius 2 is 1.82 bits per heavy atom. The maximum atomic E-state index is 12.9. The zero-order valence-electron chi connectivity index (χ0n) is 12.6. The monoisotopic (exact) mass is 343 g/mol. The van der Waals surface area contributed by atoms with Crippen molar-refractivity contribution in [3.05, 3.63) is 64.4 Å². The van der Waals surface area contributed by atoms with E-state index in [0.717, 1.165) is 16.9 Å². The maximum absolute atomic E-state index is 12.9. The average molecular weight is 344 g/mol. The molecule has 1 N–H and O–H groups in total. The minimum Gasteiger partial charge on any atom is -0.489 e. The van der Waals surface area contributed by atoms with Crippen molar-refractivity contribution in [2.75, 3.05) is 0 Å². The fraction of sp³-hybridized carbons (Fsp3) is 0.294. The van der Waals surface area contributed by atoms with Gasteiger partial charge in [-0.1, -0.05) is 37.6 Å². The molecule has 2 nitrogen and oxygen atoms in total. The summed E-state index contributed by atoms with van der Waals surface area (Å²) in [4.78, 5) is 0. The zero-order valence-corrected chi connectivity index (χ0v) is 14.2. The van der Waals surface area contributed by atoms with E-state index in [-0.39, 0.29) is 18.2 Å². The topological polar surface area (TPSA) is 21.3 Å². The van der Waals surface area contributed by atoms with E-state index < -0.39 is 0 Å². The lowest BCUT2D eigenvalue weighted by molar-refractivity contribution is 0.301. The van der Waals surface area contributed by atoms with Crippen LogP contribution in [0.25, 0.3) is 0 Å². The van der Waals surface area contributed by atoms with E-state index >= 15 is 0 Å². The zero-order chi connectivity index (χ0) is 15.2. The molecule has 2 rings (SSSR count). The molecule has 120 valence electrons. The molecule has 5 heteroatoms. The molecule has 0 radical (unpaired) electrons. The standard InChI is InChI=1S/C17H19ClFNO.ClH/c1-12(2)20-10-14-9-15(18)5-8-17(14)21-11-13-3-6-16(19)7-4-13;/h3-9,12,20H,10-11H2,1-2H3;1H. The van der Waals surface area contributed by atoms with Crippen molar-refractivity contribution in [2.45, 2.75) is 33.0 Å². The summed E-state index contributed by atoms with van der Waals surface area (Å²) < 4.78 is 18.7. The molecule has 0 aliphatic rings. The molecule has 0 aromatic heterocycles. The van der Waals surface area contributed by atoms with Gasteiger partial charge in [-0.25, -0.2) is 4.39 Å². The Balaban J connectivity index is 0.00000242. The Morgan fingerprint density at radius 1 is 1.14 bits per heavy atom. The van der Waals surface area contributed by atoms with Crippen molar-refractivity contribution < 1.29 is 9.13 Å². The second-order valence-electron chi connectivity index (χ2n) is 5.20. The third-order valence-corrected chi connectivity index (χ3v) is 3.27. The van der Waals surface area contributed by atoms with E-state index in [0.29, 0.717) is 24.2 Å². The van der Waals surface area contributed by atoms with Gasteiger partial charge in [0.15, 0.2) is 0 Å². The van der Waals surface area contributed by atoms with Gasteiger partial charge in [-0.15, -0.1) is 12.4 Å². The van der Waals surface area contributed by atoms with Crippen LogP contribution in [0, 0.1) is 5.82 Å². The van der Waals surface area contributed by atoms with Gasteiger partial charge in [0.1, 0.15) is 18.2 Å². The molecule has 2 aromatic carbocycles. The second kappa shape index (κ2) is 8.99. The first-order valence-electron chi connectivity index (χ1n) is 6.93. The van der Waals surface area contributed by atoms with E-state index in [2.05, 4.69) is 19.2 Å². The highest BCUT2D eigenvalue weighted by Gasteiger charge is 2.06. The highest BCUT2D eigenvalue weighted by Crippen LogP contribution is 2.24. The van der Waals surface area contributed by atoms with Crippen molar-refractivity contribution >= 4 is 24.0 Å². The van der Waals surface area contributed by atoms with Gasteiger partial charge in [-0.3, -0.25) is 0 Å². The van der Waals surface area contributed by atoms with Crippen LogP contribution in [-0.4, -0.2) is 6.04 Å². The highest BCUT2D eigenvalue weighted by atomic mass is 35.5. The lowest BCUT2D eigenvalue weighted by Crippen LogP contribution is -2.22. The van der Waals surface area contributed by atoms with Crippen LogP contribution in [0.2, 0.25) is 5.02 Å². The van der Waals surface area contributed by atoms with Crippen molar-refractivity contribution in [3.8, 4) is 5.75 Å². The molecule has 2 aromatic rings. The summed E-state index contributed by atoms with van der Waals surface area (Å²) in [5, 5.41) is 4.03. The van der Waals surface area contributed by atoms with Crippen LogP contribution in [0.15, 0.2) is 42.5 Å². The summed E-state index contributed by atoms with van der Waals surface area (Å²) >= 11 is 6.04. The third kappa shape index (κ3) is 5.84. The van der Waals surface area contributed by atoms with Crippen LogP contribution >= 0.6 is 24.0 Å². The van der Waals surface area contributed by atoms with Crippen LogP contribution in [-0.2, 0) is 13.2 Å². The number of nitrogens with one attached hydrogen (secondary N) is 1. The number of halogens is 3. The van der Waals surface area contributed by atoms with Crippen molar-refractivity contribution in [3.63, 3.8) is 0 Å². The van der Waals surface area contributed by atoms with Crippen molar-refractivity contribution in [1.29, 1.82) is 0 Å². The molecule has 0 fully saturated rings. The van der Waals surface area contributed by atoms with Crippen molar-refractivity contribution in [2.24, 2.45) is 0 Å². The Hall–Kier alpha value is -1.29. The van der Waals surface area contributed by atoms with Crippen LogP contribution in [0.1, 0.15) is 25.0 Å². The predicted molar refractivity (Wildman–Crippen MR) is 91.4 cm³/mol. The number of rotatable bonds is 6. The first-order valence-corrected chi connectivity index (χ1v) is 7.31. The quantitative estimate of drug-likeness (QED) is 0.798. The van der Waals surface area contributed by atoms with Crippen molar-refractivity contribution in [1.82, 2.24) is 5.32 Å². The van der Waals surface area contributed by atoms with E-state index in [1.165, 1.54) is 12.1 Å². The van der Waals surface area contributed by atoms with Crippen LogP contribution in [0.4, 0.5) is 4.39 Å². The summed E-state index contributed by atoms with van der Waals surface area (Å²) in [5.41, 5.74) is 1.94. The second-order valence-corrected chi connectivity index (χ2v) is 5.64. The summed E-state index contributed by atoms with van der Waals surface area (Å²) in [7, 11) is 0. The van der Waals surface area contributed by atoms with Gasteiger partial charge in [0.2, 0.25) is 0 Å². The van der Waals surface area contributed by atoms with E-state index in [9.17, 15) is 4.39 Å². The molecule has 0 atom stereocenters. The summed E-state index contributed by atoms with van der Waals surface area (Å²) in [6.45, 7) is 5.26. The highest BCUT2D eigenvalue weighted by molar-refractivity contribution is 6.30. The van der Waals surface area contributed by atoms with E-state index in [1.807, 2.05) is 12.1 Å². The fourth-order valence-corrected chi connectivity index (χ4v) is 2.08. The van der Waals surface area contributed by atoms with Crippen LogP contribution in [0.5, 0.6) is 5.75 Å². The van der Waals surface area contributed by atoms with Gasteiger partial charge in [0, 0.05) is 23.2 Å². The number of ether oxygens (including phenoxy) is 1. The Kier molecular flexibility index (Phi) is 7.66. The largest absolute Gasteiger partial charge is 0.489 e. The minimum absolute atomic E-state index is 0. The van der Waals surface area contributed by atoms with Gasteiger partial charge < -0.3 is 10.1 Å². The molecule has 0 amide bonds. The smallest absolute Gasteiger partial charge is 0.124 e. The Labute approximate surface area is 142 Å². The number of benzene rings is 2. The summed E-state index contributed by atoms with van der Waals surface area (Å²) in [6.07, 6.45) is 0. The lowest BCUT2D eigenvalue weighted by atomic mass is 10.2. The van der Waals surface area contributed by atoms with E-state index in [4.69, 9.17) is 16.3 Å². The molecule has 0 bridgehead atoms. The molecule has 0 spiro atoms. The fourth-order valence-electron chi connectivity index (χ4n) is 1.88. The molecular formula is C17H20Cl2FNO. The molecule has 0 saturated carbocycles. The van der Waals surface area contributed by atoms with Gasteiger partial charge in [0.05, 0.1) is 0 Å². The van der Waals surface area contributed by atoms with E-state index in [1.54, 1.807) is 18.2 Å². The first kappa shape index (κ1) is 18.8. The third-order valence-electron chi connectivity index (χ3n) is 3.03. The van der Waals surface area contributed by atoms with Gasteiger partial charge in [-0.05, 0) is 35.9 Å². The minimum atomic E-state index is -0.243. The van der Waals surface area contributed by atoms with Gasteiger partial charge in [0.25, 0.3) is 0 Å². The summed E-state index contributed by atoms with van der Waals surface area (Å²) in [6, 6.07) is 12.3. The average Bonchev–Trinajstić information content (AvgIpc) is 2.45. The maximum Gasteiger partial charge on any atom is 0.124 e. The molecule has 0 aliphatic carbocycles. The molecular weight excluding hydrogens is 324 g/mol. The SMILES string of the molecule is CC(C)NCc1cc(Cl)ccc1OCc1ccc(F)cc1.Cl. The lowest BCUT2D eigenvalue weighted by Gasteiger charge is -2.14. The molecule has 0 unspecified atom stereocenters. The predicted octanol–water partition coefficient (Wildman–Crippen LogP) is 4.98. The molecule has 0 saturated heterocycles. The first-order chi connectivity index (χ1) is 10.0. The Morgan fingerprint density at radius 3 is 2.45 bits per heavy atom. The molecule has 22 heavy (non-hydrogen) atoms. The number of hydrogen-bond acceptors (Lipinski definition) is 2. The summed E-state index contributed by atoms with van der Waals surface area (Å²) in [5.74, 6) is 0.545. The molecule has 0 heterocycles. The van der Waals surface area contributed by atoms with Crippen LogP contribution in [0.3, 0.4) is 0 Å². The van der Waals surface area contributed by atoms with Crippen LogP contribution < -0.4 is 10.1 Å².